The third-order valence-corrected chi connectivity index (χ3v) is 14.0. The number of esters is 1. The SMILES string of the molecule is CC[C@@H]1OC(=O)[C@H](C)C(=O)[C@H](C)[C@@H](O[C@@H]2O[C@H](C)CC(N(C)C)C2O)[C@](C)(OC)C[C@@H](C)CN[C@H](Cc2ccccc2)[C@H]2N(CCCCn3cc(-c4cccc(N)c4)nn3)C(=O)O[C@]12C. The maximum Gasteiger partial charge on any atom is 0.410 e. The Balaban J connectivity index is 1.31. The number of aryl methyl sites for hydroxylation is 1. The number of ketones is 1. The molecular weight excluding hydrogens is 831 g/mol. The van der Waals surface area contributed by atoms with E-state index in [-0.39, 0.29) is 24.1 Å². The molecule has 0 saturated carbocycles. The van der Waals surface area contributed by atoms with Crippen molar-refractivity contribution in [3.63, 3.8) is 0 Å². The number of carbonyl (C=O) groups is 3. The van der Waals surface area contributed by atoms with Gasteiger partial charge in [0, 0.05) is 49.5 Å². The molecule has 2 aromatic carbocycles. The Bertz CT molecular complexity index is 2050. The molecule has 4 N–H and O–H groups in total. The normalized spacial score (nSPS) is 34.1. The Labute approximate surface area is 384 Å². The molecule has 65 heavy (non-hydrogen) atoms. The van der Waals surface area contributed by atoms with E-state index in [2.05, 4.69) is 34.7 Å². The number of aromatic nitrogens is 3. The zero-order chi connectivity index (χ0) is 47.2. The van der Waals surface area contributed by atoms with Gasteiger partial charge in [0.05, 0.1) is 30.0 Å². The van der Waals surface area contributed by atoms with Gasteiger partial charge in [-0.2, -0.15) is 0 Å². The number of cyclic esters (lactones) is 1. The second-order valence-corrected chi connectivity index (χ2v) is 19.3. The molecular formula is C49H73N7O9. The molecule has 0 aliphatic carbocycles. The van der Waals surface area contributed by atoms with Crippen molar-refractivity contribution >= 4 is 23.5 Å². The average Bonchev–Trinajstić information content (AvgIpc) is 3.86. The highest BCUT2D eigenvalue weighted by molar-refractivity contribution is 6.00. The third kappa shape index (κ3) is 11.4. The first-order valence-electron chi connectivity index (χ1n) is 23.4. The van der Waals surface area contributed by atoms with E-state index in [9.17, 15) is 19.5 Å². The maximum absolute atomic E-state index is 14.6. The summed E-state index contributed by atoms with van der Waals surface area (Å²) in [5, 5.41) is 24.1. The van der Waals surface area contributed by atoms with Crippen molar-refractivity contribution in [3.05, 3.63) is 66.4 Å². The van der Waals surface area contributed by atoms with Gasteiger partial charge in [-0.05, 0) is 110 Å². The smallest absolute Gasteiger partial charge is 0.410 e. The summed E-state index contributed by atoms with van der Waals surface area (Å²) in [6, 6.07) is 16.4. The predicted molar refractivity (Wildman–Crippen MR) is 246 cm³/mol. The number of ether oxygens (including phenoxy) is 5. The number of carbonyl (C=O) groups excluding carboxylic acids is 3. The Morgan fingerprint density at radius 3 is 2.42 bits per heavy atom. The summed E-state index contributed by atoms with van der Waals surface area (Å²) >= 11 is 0. The van der Waals surface area contributed by atoms with Crippen molar-refractivity contribution in [2.45, 2.75) is 154 Å². The number of likely N-dealkylation sites (N-methyl/N-ethyl adjacent to an activating group) is 1. The number of nitrogen functional groups attached to an aromatic ring is 1. The summed E-state index contributed by atoms with van der Waals surface area (Å²) in [5.74, 6) is -3.27. The number of aliphatic hydroxyl groups is 1. The van der Waals surface area contributed by atoms with E-state index in [0.717, 1.165) is 16.8 Å². The molecule has 3 saturated heterocycles. The van der Waals surface area contributed by atoms with Gasteiger partial charge >= 0.3 is 12.1 Å². The summed E-state index contributed by atoms with van der Waals surface area (Å²) in [4.78, 5) is 46.9. The molecule has 0 bridgehead atoms. The number of unbranched alkanes of at least 4 members (excludes halogenated alkanes) is 1. The number of Topliss-reactive ketones (excluding diaryl/α,β-unsaturated/α-hetero) is 1. The number of nitrogens with zero attached hydrogens (tertiary/aromatic N) is 5. The van der Waals surface area contributed by atoms with E-state index in [0.29, 0.717) is 63.8 Å². The first-order valence-corrected chi connectivity index (χ1v) is 23.4. The van der Waals surface area contributed by atoms with Crippen molar-refractivity contribution < 1.29 is 43.2 Å². The molecule has 3 aromatic rings. The maximum atomic E-state index is 14.6. The number of benzene rings is 2. The highest BCUT2D eigenvalue weighted by atomic mass is 16.7. The zero-order valence-corrected chi connectivity index (χ0v) is 40.0. The van der Waals surface area contributed by atoms with Gasteiger partial charge in [0.1, 0.15) is 23.8 Å². The van der Waals surface area contributed by atoms with Gasteiger partial charge in [-0.25, -0.2) is 4.79 Å². The molecule has 3 fully saturated rings. The van der Waals surface area contributed by atoms with Crippen LogP contribution in [0.5, 0.6) is 0 Å². The molecule has 4 heterocycles. The lowest BCUT2D eigenvalue weighted by atomic mass is 9.78. The molecule has 3 aliphatic rings. The van der Waals surface area contributed by atoms with Crippen LogP contribution >= 0.6 is 0 Å². The molecule has 2 unspecified atom stereocenters. The first kappa shape index (κ1) is 50.0. The number of amides is 1. The number of rotatable bonds is 13. The monoisotopic (exact) mass is 904 g/mol. The quantitative estimate of drug-likeness (QED) is 0.0842. The van der Waals surface area contributed by atoms with Crippen LogP contribution in [0.3, 0.4) is 0 Å². The fourth-order valence-corrected chi connectivity index (χ4v) is 10.3. The summed E-state index contributed by atoms with van der Waals surface area (Å²) in [6.07, 6.45) is 0.521. The Morgan fingerprint density at radius 1 is 1.02 bits per heavy atom. The van der Waals surface area contributed by atoms with Gasteiger partial charge in [-0.15, -0.1) is 5.10 Å². The number of hydrogen-bond acceptors (Lipinski definition) is 14. The fraction of sp³-hybridized carbons (Fsp3) is 0.653. The molecule has 16 heteroatoms. The largest absolute Gasteiger partial charge is 0.458 e. The summed E-state index contributed by atoms with van der Waals surface area (Å²) in [5.41, 5.74) is 6.93. The van der Waals surface area contributed by atoms with E-state index in [1.54, 1.807) is 30.5 Å². The number of fused-ring (bicyclic) bond motifs is 1. The van der Waals surface area contributed by atoms with Crippen molar-refractivity contribution in [2.24, 2.45) is 17.8 Å². The van der Waals surface area contributed by atoms with Crippen LogP contribution in [0.25, 0.3) is 11.3 Å². The Hall–Kier alpha value is -4.45. The minimum Gasteiger partial charge on any atom is -0.458 e. The predicted octanol–water partition coefficient (Wildman–Crippen LogP) is 5.51. The fourth-order valence-electron chi connectivity index (χ4n) is 10.3. The molecule has 0 radical (unpaired) electrons. The molecule has 0 spiro atoms. The van der Waals surface area contributed by atoms with Crippen molar-refractivity contribution in [1.82, 2.24) is 30.1 Å². The second kappa shape index (κ2) is 21.5. The average molecular weight is 904 g/mol. The van der Waals surface area contributed by atoms with Crippen LogP contribution in [0.2, 0.25) is 0 Å². The minimum absolute atomic E-state index is 0.0581. The number of nitrogens with two attached hydrogens (primary N) is 1. The van der Waals surface area contributed by atoms with Crippen LogP contribution in [-0.2, 0) is 46.2 Å². The topological polar surface area (TPSA) is 193 Å². The Morgan fingerprint density at radius 2 is 1.74 bits per heavy atom. The van der Waals surface area contributed by atoms with Crippen LogP contribution < -0.4 is 11.1 Å². The highest BCUT2D eigenvalue weighted by Gasteiger charge is 2.59. The van der Waals surface area contributed by atoms with Gasteiger partial charge in [0.2, 0.25) is 0 Å². The van der Waals surface area contributed by atoms with Crippen LogP contribution in [0, 0.1) is 17.8 Å². The van der Waals surface area contributed by atoms with Crippen LogP contribution in [0.4, 0.5) is 10.5 Å². The molecule has 3 aliphatic heterocycles. The third-order valence-electron chi connectivity index (χ3n) is 14.0. The van der Waals surface area contributed by atoms with Gasteiger partial charge in [-0.1, -0.05) is 68.4 Å². The van der Waals surface area contributed by atoms with Crippen LogP contribution in [0.1, 0.15) is 86.1 Å². The van der Waals surface area contributed by atoms with E-state index < -0.39 is 71.5 Å². The zero-order valence-electron chi connectivity index (χ0n) is 40.0. The molecule has 358 valence electrons. The van der Waals surface area contributed by atoms with E-state index in [4.69, 9.17) is 29.4 Å². The first-order chi connectivity index (χ1) is 30.9. The van der Waals surface area contributed by atoms with Crippen molar-refractivity contribution in [3.8, 4) is 11.3 Å². The lowest BCUT2D eigenvalue weighted by Crippen LogP contribution is -2.62. The van der Waals surface area contributed by atoms with Gasteiger partial charge < -0.3 is 44.7 Å². The van der Waals surface area contributed by atoms with Crippen LogP contribution in [-0.4, -0.2) is 142 Å². The van der Waals surface area contributed by atoms with Crippen molar-refractivity contribution in [2.75, 3.05) is 40.0 Å². The highest BCUT2D eigenvalue weighted by Crippen LogP contribution is 2.41. The summed E-state index contributed by atoms with van der Waals surface area (Å²) < 4.78 is 33.9. The number of nitrogens with one attached hydrogen (secondary N) is 1. The van der Waals surface area contributed by atoms with E-state index in [1.807, 2.05) is 95.4 Å². The number of aliphatic hydroxyl groups excluding tert-OH is 1. The Kier molecular flexibility index (Phi) is 16.5. The van der Waals surface area contributed by atoms with E-state index >= 15 is 0 Å². The number of anilines is 1. The standard InChI is InChI=1S/C49H73N7O9/c1-11-40-49(7)43(56(47(60)65-49)23-16-15-22-55-29-38(52-53-55)35-20-17-21-36(50)26-35)37(25-34-18-13-12-14-19-34)51-28-30(2)27-48(6,61-10)44(32(4)41(57)33(5)45(59)63-40)64-46-42(58)39(54(8)9)24-31(3)62-46/h12-14,17-21,26,29-33,37,39-40,42-44,46,51,58H,11,15-16,22-25,27-28,50H2,1-10H3/t30-,31-,32+,33-,37-,39?,40+,42?,43-,44-,46+,48-,49-/m1/s1. The lowest BCUT2D eigenvalue weighted by Gasteiger charge is -2.46. The lowest BCUT2D eigenvalue weighted by molar-refractivity contribution is -0.295. The van der Waals surface area contributed by atoms with E-state index in [1.165, 1.54) is 0 Å². The number of hydrogen-bond donors (Lipinski definition) is 3. The summed E-state index contributed by atoms with van der Waals surface area (Å²) in [7, 11) is 5.41. The molecule has 6 rings (SSSR count). The van der Waals surface area contributed by atoms with Crippen LogP contribution in [0.15, 0.2) is 60.8 Å². The van der Waals surface area contributed by atoms with Gasteiger partial charge in [-0.3, -0.25) is 19.2 Å². The minimum atomic E-state index is -1.30. The van der Waals surface area contributed by atoms with Gasteiger partial charge in [0.25, 0.3) is 0 Å². The second-order valence-electron chi connectivity index (χ2n) is 19.3. The number of methoxy groups -OCH3 is 1. The molecule has 16 nitrogen and oxygen atoms in total. The van der Waals surface area contributed by atoms with Crippen molar-refractivity contribution in [1.29, 1.82) is 0 Å². The molecule has 13 atom stereocenters. The summed E-state index contributed by atoms with van der Waals surface area (Å²) in [6.45, 7) is 14.4. The van der Waals surface area contributed by atoms with Gasteiger partial charge in [0.15, 0.2) is 17.7 Å². The molecule has 1 aromatic heterocycles. The molecule has 1 amide bonds.